The van der Waals surface area contributed by atoms with Gasteiger partial charge in [-0.05, 0) is 47.0 Å². The molecule has 0 saturated carbocycles. The molecule has 3 aromatic heterocycles. The van der Waals surface area contributed by atoms with Gasteiger partial charge in [0.2, 0.25) is 0 Å². The van der Waals surface area contributed by atoms with Crippen LogP contribution in [0.1, 0.15) is 22.3 Å². The first-order valence-electron chi connectivity index (χ1n) is 13.7. The molecule has 0 atom stereocenters. The van der Waals surface area contributed by atoms with Crippen molar-refractivity contribution in [3.05, 3.63) is 172 Å². The molecule has 7 rings (SSSR count). The molecule has 3 heterocycles. The number of hydrogen-bond donors (Lipinski definition) is 0. The van der Waals surface area contributed by atoms with Crippen molar-refractivity contribution >= 4 is 27.6 Å². The Hall–Kier alpha value is -6.13. The van der Waals surface area contributed by atoms with Gasteiger partial charge in [0.1, 0.15) is 22.8 Å². The summed E-state index contributed by atoms with van der Waals surface area (Å²) in [5.41, 5.74) is 4.96. The zero-order chi connectivity index (χ0) is 29.4. The molecule has 0 unspecified atom stereocenters. The summed E-state index contributed by atoms with van der Waals surface area (Å²) in [4.78, 5) is 20.6. The molecule has 0 aliphatic rings. The van der Waals surface area contributed by atoms with E-state index in [1.807, 2.05) is 85.1 Å². The maximum Gasteiger partial charge on any atom is 0.287 e. The number of rotatable bonds is 6. The van der Waals surface area contributed by atoms with Crippen LogP contribution in [0.5, 0.6) is 0 Å². The van der Waals surface area contributed by atoms with Crippen LogP contribution in [0.2, 0.25) is 0 Å². The van der Waals surface area contributed by atoms with Crippen molar-refractivity contribution in [2.24, 2.45) is 0 Å². The van der Waals surface area contributed by atoms with E-state index in [-0.39, 0.29) is 11.3 Å². The van der Waals surface area contributed by atoms with E-state index >= 15 is 0 Å². The minimum atomic E-state index is -0.829. The Kier molecular flexibility index (Phi) is 6.22. The molecule has 7 heteroatoms. The number of pyridine rings is 2. The Morgan fingerprint density at radius 2 is 1.35 bits per heavy atom. The molecule has 7 nitrogen and oxygen atoms in total. The highest BCUT2D eigenvalue weighted by atomic mass is 16.6. The van der Waals surface area contributed by atoms with Crippen molar-refractivity contribution in [2.75, 3.05) is 0 Å². The summed E-state index contributed by atoms with van der Waals surface area (Å²) in [5.74, 6) is 0. The maximum atomic E-state index is 11.5. The minimum Gasteiger partial charge on any atom is -0.307 e. The number of nitriles is 1. The molecule has 0 saturated heterocycles. The summed E-state index contributed by atoms with van der Waals surface area (Å²) in [6.45, 7) is 0. The highest BCUT2D eigenvalue weighted by Crippen LogP contribution is 2.46. The number of benzene rings is 4. The van der Waals surface area contributed by atoms with Gasteiger partial charge in [-0.3, -0.25) is 15.1 Å². The zero-order valence-electron chi connectivity index (χ0n) is 22.8. The van der Waals surface area contributed by atoms with Gasteiger partial charge in [0, 0.05) is 34.8 Å². The molecule has 43 heavy (non-hydrogen) atoms. The van der Waals surface area contributed by atoms with Gasteiger partial charge in [0.05, 0.1) is 16.1 Å². The van der Waals surface area contributed by atoms with Crippen molar-refractivity contribution in [1.82, 2.24) is 14.5 Å². The molecule has 0 amide bonds. The van der Waals surface area contributed by atoms with Gasteiger partial charge in [-0.2, -0.15) is 5.26 Å². The van der Waals surface area contributed by atoms with Crippen LogP contribution >= 0.6 is 0 Å². The normalized spacial score (nSPS) is 11.4. The van der Waals surface area contributed by atoms with E-state index < -0.39 is 10.5 Å². The third-order valence-corrected chi connectivity index (χ3v) is 7.94. The summed E-state index contributed by atoms with van der Waals surface area (Å²) < 4.78 is 2.28. The van der Waals surface area contributed by atoms with E-state index in [1.165, 1.54) is 12.1 Å². The van der Waals surface area contributed by atoms with Gasteiger partial charge in [-0.1, -0.05) is 91.0 Å². The SMILES string of the molecule is N#Cc1cc(-c2ccc3c4cnccc4n(C(c4ccccc4)(c4ccccc4)c4ccccc4)c3n2)ccc1[N+](=O)[O-]. The Balaban J connectivity index is 1.64. The van der Waals surface area contributed by atoms with Crippen molar-refractivity contribution in [3.63, 3.8) is 0 Å². The maximum absolute atomic E-state index is 11.5. The number of nitro groups is 1. The quantitative estimate of drug-likeness (QED) is 0.118. The molecule has 0 spiro atoms. The van der Waals surface area contributed by atoms with E-state index in [0.29, 0.717) is 16.9 Å². The predicted molar refractivity (Wildman–Crippen MR) is 166 cm³/mol. The van der Waals surface area contributed by atoms with Crippen molar-refractivity contribution in [3.8, 4) is 17.3 Å². The molecule has 4 aromatic carbocycles. The Morgan fingerprint density at radius 1 is 0.744 bits per heavy atom. The van der Waals surface area contributed by atoms with Gasteiger partial charge >= 0.3 is 0 Å². The molecule has 0 radical (unpaired) electrons. The number of nitro benzene ring substituents is 1. The number of fused-ring (bicyclic) bond motifs is 3. The molecule has 0 aliphatic carbocycles. The van der Waals surface area contributed by atoms with E-state index in [4.69, 9.17) is 4.98 Å². The van der Waals surface area contributed by atoms with E-state index in [0.717, 1.165) is 33.0 Å². The van der Waals surface area contributed by atoms with Gasteiger partial charge in [-0.25, -0.2) is 4.98 Å². The molecule has 0 N–H and O–H groups in total. The van der Waals surface area contributed by atoms with Crippen LogP contribution in [-0.4, -0.2) is 19.5 Å². The number of nitrogens with zero attached hydrogens (tertiary/aromatic N) is 5. The second-order valence-electron chi connectivity index (χ2n) is 10.2. The van der Waals surface area contributed by atoms with E-state index in [2.05, 4.69) is 45.9 Å². The highest BCUT2D eigenvalue weighted by molar-refractivity contribution is 6.07. The van der Waals surface area contributed by atoms with Gasteiger partial charge in [0.15, 0.2) is 0 Å². The van der Waals surface area contributed by atoms with E-state index in [1.54, 1.807) is 12.3 Å². The van der Waals surface area contributed by atoms with Gasteiger partial charge < -0.3 is 4.57 Å². The van der Waals surface area contributed by atoms with E-state index in [9.17, 15) is 15.4 Å². The van der Waals surface area contributed by atoms with Crippen LogP contribution in [0.3, 0.4) is 0 Å². The lowest BCUT2D eigenvalue weighted by molar-refractivity contribution is -0.385. The molecule has 204 valence electrons. The fourth-order valence-corrected chi connectivity index (χ4v) is 6.10. The Labute approximate surface area is 247 Å². The third-order valence-electron chi connectivity index (χ3n) is 7.94. The summed E-state index contributed by atoms with van der Waals surface area (Å²) in [5, 5.41) is 23.0. The van der Waals surface area contributed by atoms with Crippen molar-refractivity contribution < 1.29 is 4.92 Å². The van der Waals surface area contributed by atoms with Crippen molar-refractivity contribution in [2.45, 2.75) is 5.54 Å². The summed E-state index contributed by atoms with van der Waals surface area (Å²) in [6, 6.07) is 43.5. The molecular formula is C36H23N5O2. The van der Waals surface area contributed by atoms with Crippen LogP contribution in [0.25, 0.3) is 33.2 Å². The molecule has 0 fully saturated rings. The summed E-state index contributed by atoms with van der Waals surface area (Å²) >= 11 is 0. The molecule has 0 bridgehead atoms. The standard InChI is InChI=1S/C36H23N5O2/c37-23-26-22-25(16-19-33(26)41(42)43)32-18-17-30-31-24-38-21-20-34(31)40(35(30)39-32)36(27-10-4-1-5-11-27,28-12-6-2-7-13-28)29-14-8-3-9-15-29/h1-22,24H. The highest BCUT2D eigenvalue weighted by Gasteiger charge is 2.41. The second-order valence-corrected chi connectivity index (χ2v) is 10.2. The number of aromatic nitrogens is 3. The van der Waals surface area contributed by atoms with Crippen molar-refractivity contribution in [1.29, 1.82) is 5.26 Å². The topological polar surface area (TPSA) is 97.6 Å². The lowest BCUT2D eigenvalue weighted by atomic mass is 9.76. The number of hydrogen-bond acceptors (Lipinski definition) is 5. The summed E-state index contributed by atoms with van der Waals surface area (Å²) in [7, 11) is 0. The van der Waals surface area contributed by atoms with Gasteiger partial charge in [-0.15, -0.1) is 0 Å². The van der Waals surface area contributed by atoms with Gasteiger partial charge in [0.25, 0.3) is 5.69 Å². The first-order valence-corrected chi connectivity index (χ1v) is 13.7. The molecule has 0 aliphatic heterocycles. The average Bonchev–Trinajstić information content (AvgIpc) is 3.40. The first-order chi connectivity index (χ1) is 21.1. The van der Waals surface area contributed by atoms with Crippen LogP contribution in [0.15, 0.2) is 140 Å². The lowest BCUT2D eigenvalue weighted by Gasteiger charge is -2.38. The van der Waals surface area contributed by atoms with Crippen LogP contribution in [-0.2, 0) is 5.54 Å². The van der Waals surface area contributed by atoms with Crippen LogP contribution in [0.4, 0.5) is 5.69 Å². The van der Waals surface area contributed by atoms with Crippen LogP contribution in [0, 0.1) is 21.4 Å². The summed E-state index contributed by atoms with van der Waals surface area (Å²) in [6.07, 6.45) is 3.65. The smallest absolute Gasteiger partial charge is 0.287 e. The fourth-order valence-electron chi connectivity index (χ4n) is 6.10. The Bertz CT molecular complexity index is 2070. The second kappa shape index (κ2) is 10.4. The average molecular weight is 558 g/mol. The first kappa shape index (κ1) is 25.8. The monoisotopic (exact) mass is 557 g/mol. The lowest BCUT2D eigenvalue weighted by Crippen LogP contribution is -2.37. The Morgan fingerprint density at radius 3 is 1.91 bits per heavy atom. The van der Waals surface area contributed by atoms with Crippen LogP contribution < -0.4 is 0 Å². The zero-order valence-corrected chi connectivity index (χ0v) is 22.8. The largest absolute Gasteiger partial charge is 0.307 e. The molecule has 7 aromatic rings. The molecular weight excluding hydrogens is 534 g/mol. The predicted octanol–water partition coefficient (Wildman–Crippen LogP) is 7.87. The third kappa shape index (κ3) is 4.04. The fraction of sp³-hybridized carbons (Fsp3) is 0.0278. The minimum absolute atomic E-state index is 0.0126.